The van der Waals surface area contributed by atoms with Gasteiger partial charge in [0.25, 0.3) is 0 Å². The number of pyridine rings is 1. The molecule has 0 saturated carbocycles. The fourth-order valence-corrected chi connectivity index (χ4v) is 2.49. The molecule has 0 spiro atoms. The van der Waals surface area contributed by atoms with Crippen molar-refractivity contribution >= 4 is 6.08 Å². The summed E-state index contributed by atoms with van der Waals surface area (Å²) in [6.45, 7) is 3.43. The summed E-state index contributed by atoms with van der Waals surface area (Å²) in [4.78, 5) is 4.14. The molecule has 1 N–H and O–H groups in total. The van der Waals surface area contributed by atoms with Crippen LogP contribution in [0.4, 0.5) is 0 Å². The van der Waals surface area contributed by atoms with E-state index in [1.807, 2.05) is 31.3 Å². The zero-order valence-corrected chi connectivity index (χ0v) is 14.4. The van der Waals surface area contributed by atoms with E-state index >= 15 is 0 Å². The quantitative estimate of drug-likeness (QED) is 0.670. The molecule has 1 unspecified atom stereocenters. The van der Waals surface area contributed by atoms with Gasteiger partial charge >= 0.3 is 0 Å². The fraction of sp³-hybridized carbons (Fsp3) is 0.381. The Morgan fingerprint density at radius 3 is 2.62 bits per heavy atom. The van der Waals surface area contributed by atoms with Gasteiger partial charge in [-0.2, -0.15) is 0 Å². The van der Waals surface area contributed by atoms with Gasteiger partial charge in [-0.25, -0.2) is 0 Å². The van der Waals surface area contributed by atoms with E-state index in [2.05, 4.69) is 35.3 Å². The van der Waals surface area contributed by atoms with Crippen LogP contribution in [0.25, 0.3) is 6.08 Å². The molecule has 3 nitrogen and oxygen atoms in total. The van der Waals surface area contributed by atoms with Crippen LogP contribution < -0.4 is 0 Å². The Kier molecular flexibility index (Phi) is 8.22. The van der Waals surface area contributed by atoms with E-state index in [-0.39, 0.29) is 0 Å². The molecular weight excluding hydrogens is 298 g/mol. The number of hydrogen-bond acceptors (Lipinski definition) is 3. The molecule has 0 saturated heterocycles. The van der Waals surface area contributed by atoms with Gasteiger partial charge in [0.2, 0.25) is 0 Å². The maximum absolute atomic E-state index is 9.93. The Hall–Kier alpha value is -1.97. The van der Waals surface area contributed by atoms with Crippen LogP contribution in [0.3, 0.4) is 0 Å². The fourth-order valence-electron chi connectivity index (χ4n) is 2.49. The molecule has 2 aromatic rings. The lowest BCUT2D eigenvalue weighted by atomic mass is 10.0. The molecule has 0 fully saturated rings. The smallest absolute Gasteiger partial charge is 0.0725 e. The highest BCUT2D eigenvalue weighted by molar-refractivity contribution is 5.50. The maximum Gasteiger partial charge on any atom is 0.0725 e. The summed E-state index contributed by atoms with van der Waals surface area (Å²) >= 11 is 0. The van der Waals surface area contributed by atoms with Gasteiger partial charge in [0.15, 0.2) is 0 Å². The molecule has 0 radical (unpaired) electrons. The number of nitrogens with zero attached hydrogens (tertiary/aromatic N) is 1. The molecule has 0 amide bonds. The minimum atomic E-state index is -0.407. The maximum atomic E-state index is 9.93. The molecule has 128 valence electrons. The van der Waals surface area contributed by atoms with Crippen molar-refractivity contribution in [2.75, 3.05) is 13.2 Å². The summed E-state index contributed by atoms with van der Waals surface area (Å²) in [5, 5.41) is 9.93. The zero-order chi connectivity index (χ0) is 17.0. The van der Waals surface area contributed by atoms with Gasteiger partial charge in [-0.15, -0.1) is 0 Å². The third-order valence-corrected chi connectivity index (χ3v) is 3.91. The predicted molar refractivity (Wildman–Crippen MR) is 98.9 cm³/mol. The third-order valence-electron chi connectivity index (χ3n) is 3.91. The molecule has 0 aliphatic carbocycles. The minimum absolute atomic E-state index is 0.407. The van der Waals surface area contributed by atoms with Crippen LogP contribution >= 0.6 is 0 Å². The van der Waals surface area contributed by atoms with Gasteiger partial charge in [-0.1, -0.05) is 42.5 Å². The van der Waals surface area contributed by atoms with Crippen LogP contribution in [0.1, 0.15) is 36.5 Å². The van der Waals surface area contributed by atoms with E-state index in [1.165, 1.54) is 11.1 Å². The molecule has 0 aliphatic heterocycles. The monoisotopic (exact) mass is 325 g/mol. The van der Waals surface area contributed by atoms with E-state index in [9.17, 15) is 5.11 Å². The second-order valence-electron chi connectivity index (χ2n) is 5.87. The van der Waals surface area contributed by atoms with Crippen LogP contribution in [-0.4, -0.2) is 29.4 Å². The largest absolute Gasteiger partial charge is 0.389 e. The van der Waals surface area contributed by atoms with Crippen molar-refractivity contribution in [1.29, 1.82) is 0 Å². The highest BCUT2D eigenvalue weighted by Gasteiger charge is 1.99. The lowest BCUT2D eigenvalue weighted by Gasteiger charge is -2.06. The number of ether oxygens (including phenoxy) is 1. The van der Waals surface area contributed by atoms with Crippen molar-refractivity contribution in [2.24, 2.45) is 0 Å². The summed E-state index contributed by atoms with van der Waals surface area (Å²) in [5.74, 6) is 0. The molecule has 0 aliphatic rings. The molecule has 1 atom stereocenters. The second-order valence-corrected chi connectivity index (χ2v) is 5.87. The van der Waals surface area contributed by atoms with E-state index in [1.54, 1.807) is 6.20 Å². The average Bonchev–Trinajstić information content (AvgIpc) is 2.63. The Bertz CT molecular complexity index is 593. The predicted octanol–water partition coefficient (Wildman–Crippen LogP) is 4.06. The van der Waals surface area contributed by atoms with Gasteiger partial charge in [0.1, 0.15) is 0 Å². The first kappa shape index (κ1) is 18.4. The van der Waals surface area contributed by atoms with Crippen LogP contribution in [0.15, 0.2) is 54.9 Å². The summed E-state index contributed by atoms with van der Waals surface area (Å²) in [7, 11) is 0. The Morgan fingerprint density at radius 1 is 1.12 bits per heavy atom. The summed E-state index contributed by atoms with van der Waals surface area (Å²) < 4.78 is 5.28. The summed E-state index contributed by atoms with van der Waals surface area (Å²) in [5.41, 5.74) is 3.69. The Balaban J connectivity index is 1.75. The highest BCUT2D eigenvalue weighted by Crippen LogP contribution is 2.11. The van der Waals surface area contributed by atoms with Crippen LogP contribution in [0.2, 0.25) is 0 Å². The third kappa shape index (κ3) is 7.07. The van der Waals surface area contributed by atoms with Crippen molar-refractivity contribution in [1.82, 2.24) is 4.98 Å². The number of hydrogen-bond donors (Lipinski definition) is 1. The molecule has 1 aromatic carbocycles. The summed E-state index contributed by atoms with van der Waals surface area (Å²) in [6, 6.07) is 12.6. The summed E-state index contributed by atoms with van der Waals surface area (Å²) in [6.07, 6.45) is 10.8. The normalized spacial score (nSPS) is 12.6. The number of aliphatic hydroxyl groups excluding tert-OH is 1. The molecule has 1 aromatic heterocycles. The topological polar surface area (TPSA) is 42.4 Å². The van der Waals surface area contributed by atoms with Gasteiger partial charge in [0.05, 0.1) is 6.10 Å². The van der Waals surface area contributed by atoms with Crippen molar-refractivity contribution in [3.05, 3.63) is 71.6 Å². The van der Waals surface area contributed by atoms with E-state index in [0.717, 1.165) is 37.9 Å². The number of benzene rings is 1. The zero-order valence-electron chi connectivity index (χ0n) is 14.4. The molecule has 3 heteroatoms. The standard InChI is InChI=1S/C21H27NO2/c1-2-24-16-4-6-21(23)14-13-19-9-7-18(8-10-19)11-12-20-5-3-15-22-17-20/h3,5,7-10,13-15,17,21,23H,2,4,6,11-12,16H2,1H3/b14-13+. The van der Waals surface area contributed by atoms with E-state index in [4.69, 9.17) is 4.74 Å². The Labute approximate surface area is 145 Å². The SMILES string of the molecule is CCOCCCC(O)/C=C/c1ccc(CCc2cccnc2)cc1. The van der Waals surface area contributed by atoms with E-state index in [0.29, 0.717) is 6.61 Å². The minimum Gasteiger partial charge on any atom is -0.389 e. The molecule has 0 bridgehead atoms. The first-order chi connectivity index (χ1) is 11.8. The Morgan fingerprint density at radius 2 is 1.92 bits per heavy atom. The van der Waals surface area contributed by atoms with Gasteiger partial charge in [-0.3, -0.25) is 4.98 Å². The molecular formula is C21H27NO2. The number of aryl methyl sites for hydroxylation is 2. The van der Waals surface area contributed by atoms with Crippen LogP contribution in [-0.2, 0) is 17.6 Å². The second kappa shape index (κ2) is 10.7. The lowest BCUT2D eigenvalue weighted by molar-refractivity contribution is 0.128. The number of aliphatic hydroxyl groups is 1. The van der Waals surface area contributed by atoms with Gasteiger partial charge in [-0.05, 0) is 55.4 Å². The van der Waals surface area contributed by atoms with Crippen molar-refractivity contribution in [3.8, 4) is 0 Å². The van der Waals surface area contributed by atoms with E-state index < -0.39 is 6.10 Å². The first-order valence-corrected chi connectivity index (χ1v) is 8.70. The van der Waals surface area contributed by atoms with Crippen molar-refractivity contribution in [2.45, 2.75) is 38.7 Å². The lowest BCUT2D eigenvalue weighted by Crippen LogP contribution is -2.04. The molecule has 1 heterocycles. The van der Waals surface area contributed by atoms with Crippen LogP contribution in [0, 0.1) is 0 Å². The van der Waals surface area contributed by atoms with Crippen LogP contribution in [0.5, 0.6) is 0 Å². The molecule has 24 heavy (non-hydrogen) atoms. The van der Waals surface area contributed by atoms with Crippen molar-refractivity contribution < 1.29 is 9.84 Å². The number of rotatable bonds is 10. The van der Waals surface area contributed by atoms with Gasteiger partial charge in [0, 0.05) is 25.6 Å². The average molecular weight is 325 g/mol. The highest BCUT2D eigenvalue weighted by atomic mass is 16.5. The van der Waals surface area contributed by atoms with Crippen molar-refractivity contribution in [3.63, 3.8) is 0 Å². The molecule has 2 rings (SSSR count). The first-order valence-electron chi connectivity index (χ1n) is 8.70. The number of aromatic nitrogens is 1. The van der Waals surface area contributed by atoms with Gasteiger partial charge < -0.3 is 9.84 Å².